The van der Waals surface area contributed by atoms with E-state index >= 15 is 0 Å². The number of nitrogens with two attached hydrogens (primary N) is 1. The number of nitrogens with one attached hydrogen (secondary N) is 1. The van der Waals surface area contributed by atoms with Crippen LogP contribution in [0.25, 0.3) is 0 Å². The van der Waals surface area contributed by atoms with E-state index in [0.717, 1.165) is 38.9 Å². The summed E-state index contributed by atoms with van der Waals surface area (Å²) in [6, 6.07) is 0. The van der Waals surface area contributed by atoms with Gasteiger partial charge in [0.2, 0.25) is 5.91 Å². The number of carbonyl (C=O) groups excluding carboxylic acids is 1. The fourth-order valence-corrected chi connectivity index (χ4v) is 2.61. The molecule has 1 atom stereocenters. The molecular weight excluding hydrogens is 222 g/mol. The molecule has 3 N–H and O–H groups in total. The van der Waals surface area contributed by atoms with Crippen molar-refractivity contribution in [1.82, 2.24) is 10.2 Å². The van der Waals surface area contributed by atoms with Gasteiger partial charge < -0.3 is 16.0 Å². The molecule has 2 rings (SSSR count). The largest absolute Gasteiger partial charge is 0.392 e. The Morgan fingerprint density at radius 1 is 1.62 bits per heavy atom. The molecule has 1 unspecified atom stereocenters. The Morgan fingerprint density at radius 3 is 2.75 bits per heavy atom. The molecule has 90 valence electrons. The molecule has 0 bridgehead atoms. The van der Waals surface area contributed by atoms with Crippen molar-refractivity contribution in [3.8, 4) is 0 Å². The maximum Gasteiger partial charge on any atom is 0.233 e. The summed E-state index contributed by atoms with van der Waals surface area (Å²) in [5, 5.41) is 3.00. The van der Waals surface area contributed by atoms with Gasteiger partial charge in [0.15, 0.2) is 0 Å². The number of carbonyl (C=O) groups is 1. The molecule has 0 radical (unpaired) electrons. The predicted octanol–water partition coefficient (Wildman–Crippen LogP) is 0.121. The maximum absolute atomic E-state index is 11.9. The number of rotatable bonds is 4. The molecule has 2 aliphatic rings. The van der Waals surface area contributed by atoms with Crippen LogP contribution >= 0.6 is 12.2 Å². The van der Waals surface area contributed by atoms with Crippen LogP contribution in [0, 0.1) is 11.3 Å². The molecule has 1 aliphatic heterocycles. The fraction of sp³-hybridized carbons (Fsp3) is 0.818. The highest BCUT2D eigenvalue weighted by molar-refractivity contribution is 7.80. The van der Waals surface area contributed by atoms with Gasteiger partial charge in [-0.1, -0.05) is 12.2 Å². The minimum atomic E-state index is -0.500. The molecule has 0 aromatic rings. The van der Waals surface area contributed by atoms with E-state index in [1.54, 1.807) is 0 Å². The lowest BCUT2D eigenvalue weighted by Gasteiger charge is -2.16. The van der Waals surface area contributed by atoms with Gasteiger partial charge in [0.1, 0.15) is 0 Å². The van der Waals surface area contributed by atoms with Crippen LogP contribution in [0.5, 0.6) is 0 Å². The molecule has 16 heavy (non-hydrogen) atoms. The van der Waals surface area contributed by atoms with E-state index in [1.807, 2.05) is 0 Å². The second kappa shape index (κ2) is 4.30. The quantitative estimate of drug-likeness (QED) is 0.687. The first kappa shape index (κ1) is 11.8. The Kier molecular flexibility index (Phi) is 3.17. The Balaban J connectivity index is 1.78. The van der Waals surface area contributed by atoms with Crippen LogP contribution in [-0.4, -0.2) is 42.5 Å². The summed E-state index contributed by atoms with van der Waals surface area (Å²) in [7, 11) is 2.11. The van der Waals surface area contributed by atoms with Crippen molar-refractivity contribution in [3.63, 3.8) is 0 Å². The summed E-state index contributed by atoms with van der Waals surface area (Å²) in [6.45, 7) is 2.95. The lowest BCUT2D eigenvalue weighted by molar-refractivity contribution is -0.124. The number of thiocarbonyl (C=S) groups is 1. The molecule has 1 saturated heterocycles. The predicted molar refractivity (Wildman–Crippen MR) is 67.1 cm³/mol. The molecule has 0 aromatic carbocycles. The zero-order valence-corrected chi connectivity index (χ0v) is 10.5. The van der Waals surface area contributed by atoms with Crippen LogP contribution in [0.1, 0.15) is 19.3 Å². The van der Waals surface area contributed by atoms with E-state index in [0.29, 0.717) is 10.9 Å². The zero-order valence-electron chi connectivity index (χ0n) is 9.66. The Morgan fingerprint density at radius 2 is 2.31 bits per heavy atom. The van der Waals surface area contributed by atoms with Crippen LogP contribution in [0.4, 0.5) is 0 Å². The Labute approximate surface area is 102 Å². The van der Waals surface area contributed by atoms with Crippen molar-refractivity contribution >= 4 is 23.1 Å². The first-order chi connectivity index (χ1) is 7.54. The molecule has 1 aliphatic carbocycles. The SMILES string of the molecule is CN1CCC(CNC(=O)C2(C(N)=S)CC2)C1. The van der Waals surface area contributed by atoms with Gasteiger partial charge in [0.05, 0.1) is 10.4 Å². The van der Waals surface area contributed by atoms with Gasteiger partial charge in [0, 0.05) is 13.1 Å². The van der Waals surface area contributed by atoms with Gasteiger partial charge in [-0.3, -0.25) is 4.79 Å². The monoisotopic (exact) mass is 241 g/mol. The van der Waals surface area contributed by atoms with E-state index in [2.05, 4.69) is 17.3 Å². The first-order valence-electron chi connectivity index (χ1n) is 5.81. The lowest BCUT2D eigenvalue weighted by atomic mass is 10.1. The second-order valence-electron chi connectivity index (χ2n) is 5.07. The minimum absolute atomic E-state index is 0.0366. The lowest BCUT2D eigenvalue weighted by Crippen LogP contribution is -2.41. The molecule has 1 amide bonds. The van der Waals surface area contributed by atoms with E-state index < -0.39 is 5.41 Å². The maximum atomic E-state index is 11.9. The highest BCUT2D eigenvalue weighted by atomic mass is 32.1. The summed E-state index contributed by atoms with van der Waals surface area (Å²) in [6.07, 6.45) is 2.80. The summed E-state index contributed by atoms with van der Waals surface area (Å²) < 4.78 is 0. The third-order valence-electron chi connectivity index (χ3n) is 3.70. The van der Waals surface area contributed by atoms with Crippen molar-refractivity contribution in [2.45, 2.75) is 19.3 Å². The average Bonchev–Trinajstić information content (AvgIpc) is 2.95. The number of likely N-dealkylation sites (tertiary alicyclic amines) is 1. The zero-order chi connectivity index (χ0) is 11.8. The number of amides is 1. The standard InChI is InChI=1S/C11H19N3OS/c1-14-5-2-8(7-14)6-13-10(15)11(3-4-11)9(12)16/h8H,2-7H2,1H3,(H2,12,16)(H,13,15). The Hall–Kier alpha value is -0.680. The number of hydrogen-bond donors (Lipinski definition) is 2. The van der Waals surface area contributed by atoms with Crippen molar-refractivity contribution in [3.05, 3.63) is 0 Å². The van der Waals surface area contributed by atoms with Crippen molar-refractivity contribution in [2.75, 3.05) is 26.7 Å². The van der Waals surface area contributed by atoms with Gasteiger partial charge in [-0.15, -0.1) is 0 Å². The van der Waals surface area contributed by atoms with Crippen LogP contribution in [0.3, 0.4) is 0 Å². The molecule has 2 fully saturated rings. The highest BCUT2D eigenvalue weighted by Gasteiger charge is 2.52. The molecular formula is C11H19N3OS. The van der Waals surface area contributed by atoms with Gasteiger partial charge >= 0.3 is 0 Å². The van der Waals surface area contributed by atoms with Gasteiger partial charge in [-0.25, -0.2) is 0 Å². The molecule has 1 heterocycles. The molecule has 1 saturated carbocycles. The van der Waals surface area contributed by atoms with Crippen molar-refractivity contribution in [1.29, 1.82) is 0 Å². The van der Waals surface area contributed by atoms with E-state index in [4.69, 9.17) is 18.0 Å². The van der Waals surface area contributed by atoms with E-state index in [1.165, 1.54) is 0 Å². The van der Waals surface area contributed by atoms with Crippen LogP contribution in [-0.2, 0) is 4.79 Å². The normalized spacial score (nSPS) is 27.7. The van der Waals surface area contributed by atoms with Gasteiger partial charge in [0.25, 0.3) is 0 Å². The van der Waals surface area contributed by atoms with Crippen molar-refractivity contribution in [2.24, 2.45) is 17.1 Å². The van der Waals surface area contributed by atoms with Gasteiger partial charge in [-0.05, 0) is 38.8 Å². The summed E-state index contributed by atoms with van der Waals surface area (Å²) in [5.74, 6) is 0.616. The van der Waals surface area contributed by atoms with E-state index in [9.17, 15) is 4.79 Å². The highest BCUT2D eigenvalue weighted by Crippen LogP contribution is 2.46. The summed E-state index contributed by atoms with van der Waals surface area (Å²) in [4.78, 5) is 14.6. The van der Waals surface area contributed by atoms with E-state index in [-0.39, 0.29) is 5.91 Å². The second-order valence-corrected chi connectivity index (χ2v) is 5.51. The Bertz CT molecular complexity index is 314. The first-order valence-corrected chi connectivity index (χ1v) is 6.22. The number of nitrogens with zero attached hydrogens (tertiary/aromatic N) is 1. The third kappa shape index (κ3) is 2.20. The van der Waals surface area contributed by atoms with Gasteiger partial charge in [-0.2, -0.15) is 0 Å². The van der Waals surface area contributed by atoms with Crippen LogP contribution < -0.4 is 11.1 Å². The molecule has 5 heteroatoms. The topological polar surface area (TPSA) is 58.4 Å². The fourth-order valence-electron chi connectivity index (χ4n) is 2.31. The summed E-state index contributed by atoms with van der Waals surface area (Å²) in [5.41, 5.74) is 5.10. The average molecular weight is 241 g/mol. The summed E-state index contributed by atoms with van der Waals surface area (Å²) >= 11 is 4.95. The minimum Gasteiger partial charge on any atom is -0.392 e. The van der Waals surface area contributed by atoms with Crippen LogP contribution in [0.15, 0.2) is 0 Å². The van der Waals surface area contributed by atoms with Crippen molar-refractivity contribution < 1.29 is 4.79 Å². The molecule has 0 spiro atoms. The third-order valence-corrected chi connectivity index (χ3v) is 4.09. The molecule has 4 nitrogen and oxygen atoms in total. The van der Waals surface area contributed by atoms with Crippen LogP contribution in [0.2, 0.25) is 0 Å². The molecule has 0 aromatic heterocycles. The smallest absolute Gasteiger partial charge is 0.233 e. The number of hydrogen-bond acceptors (Lipinski definition) is 3.